The molecule has 1 fully saturated rings. The van der Waals surface area contributed by atoms with Crippen LogP contribution in [-0.4, -0.2) is 46.3 Å². The molecule has 0 radical (unpaired) electrons. The maximum Gasteiger partial charge on any atom is 0.317 e. The molecule has 0 aliphatic carbocycles. The quantitative estimate of drug-likeness (QED) is 0.724. The van der Waals surface area contributed by atoms with E-state index in [-0.39, 0.29) is 18.0 Å². The van der Waals surface area contributed by atoms with Crippen molar-refractivity contribution in [3.63, 3.8) is 0 Å². The highest BCUT2D eigenvalue weighted by molar-refractivity contribution is 5.90. The minimum Gasteiger partial charge on any atom is -0.335 e. The molecule has 7 heteroatoms. The van der Waals surface area contributed by atoms with Crippen molar-refractivity contribution in [2.75, 3.05) is 25.0 Å². The summed E-state index contributed by atoms with van der Waals surface area (Å²) in [6.07, 6.45) is 6.11. The second kappa shape index (κ2) is 9.73. The topological polar surface area (TPSA) is 79.3 Å². The predicted molar refractivity (Wildman–Crippen MR) is 109 cm³/mol. The zero-order valence-electron chi connectivity index (χ0n) is 16.0. The van der Waals surface area contributed by atoms with Crippen molar-refractivity contribution >= 4 is 17.8 Å². The number of aromatic nitrogens is 2. The van der Waals surface area contributed by atoms with E-state index in [1.54, 1.807) is 12.3 Å². The Kier molecular flexibility index (Phi) is 6.84. The smallest absolute Gasteiger partial charge is 0.317 e. The molecule has 1 aliphatic heterocycles. The van der Waals surface area contributed by atoms with Gasteiger partial charge in [-0.1, -0.05) is 36.4 Å². The molecule has 148 valence electrons. The standard InChI is InChI=1S/C21H27N5O2/c1-2-13-22-21(28)25-15-11-18(12-16-25)26-19(10-14-23-26)24-20(27)9-8-17-6-4-3-5-7-17/h2-7,10,14,18H,1,8-9,11-13,15-16H2,(H,22,28)(H,24,27). The number of hydrogen-bond donors (Lipinski definition) is 2. The van der Waals surface area contributed by atoms with Crippen LogP contribution >= 0.6 is 0 Å². The number of amides is 3. The molecule has 3 rings (SSSR count). The Morgan fingerprint density at radius 2 is 1.93 bits per heavy atom. The monoisotopic (exact) mass is 381 g/mol. The predicted octanol–water partition coefficient (Wildman–Crippen LogP) is 2.99. The zero-order valence-corrected chi connectivity index (χ0v) is 16.0. The average Bonchev–Trinajstić information content (AvgIpc) is 3.19. The second-order valence-electron chi connectivity index (χ2n) is 6.89. The van der Waals surface area contributed by atoms with E-state index in [2.05, 4.69) is 22.3 Å². The molecule has 1 aliphatic rings. The van der Waals surface area contributed by atoms with Gasteiger partial charge in [-0.05, 0) is 24.8 Å². The Balaban J connectivity index is 1.50. The van der Waals surface area contributed by atoms with Crippen molar-refractivity contribution in [3.05, 3.63) is 60.8 Å². The Morgan fingerprint density at radius 1 is 1.18 bits per heavy atom. The van der Waals surface area contributed by atoms with E-state index in [1.165, 1.54) is 0 Å². The van der Waals surface area contributed by atoms with Crippen LogP contribution in [0.25, 0.3) is 0 Å². The summed E-state index contributed by atoms with van der Waals surface area (Å²) < 4.78 is 1.87. The number of benzene rings is 1. The van der Waals surface area contributed by atoms with Crippen LogP contribution in [0, 0.1) is 0 Å². The third-order valence-corrected chi connectivity index (χ3v) is 4.92. The zero-order chi connectivity index (χ0) is 19.8. The highest BCUT2D eigenvalue weighted by atomic mass is 16.2. The Bertz CT molecular complexity index is 794. The van der Waals surface area contributed by atoms with E-state index >= 15 is 0 Å². The van der Waals surface area contributed by atoms with Gasteiger partial charge in [0.1, 0.15) is 5.82 Å². The highest BCUT2D eigenvalue weighted by Crippen LogP contribution is 2.25. The van der Waals surface area contributed by atoms with Crippen LogP contribution in [0.5, 0.6) is 0 Å². The molecular formula is C21H27N5O2. The molecule has 7 nitrogen and oxygen atoms in total. The summed E-state index contributed by atoms with van der Waals surface area (Å²) >= 11 is 0. The van der Waals surface area contributed by atoms with Gasteiger partial charge in [0, 0.05) is 32.1 Å². The molecular weight excluding hydrogens is 354 g/mol. The van der Waals surface area contributed by atoms with Crippen LogP contribution < -0.4 is 10.6 Å². The minimum absolute atomic E-state index is 0.0214. The van der Waals surface area contributed by atoms with Crippen molar-refractivity contribution in [2.45, 2.75) is 31.7 Å². The number of urea groups is 1. The summed E-state index contributed by atoms with van der Waals surface area (Å²) in [7, 11) is 0. The number of carbonyl (C=O) groups excluding carboxylic acids is 2. The van der Waals surface area contributed by atoms with Gasteiger partial charge in [0.15, 0.2) is 0 Å². The fourth-order valence-electron chi connectivity index (χ4n) is 3.40. The van der Waals surface area contributed by atoms with Crippen molar-refractivity contribution in [1.82, 2.24) is 20.0 Å². The van der Waals surface area contributed by atoms with Crippen molar-refractivity contribution in [1.29, 1.82) is 0 Å². The van der Waals surface area contributed by atoms with Crippen LogP contribution in [0.15, 0.2) is 55.3 Å². The van der Waals surface area contributed by atoms with Gasteiger partial charge in [-0.25, -0.2) is 9.48 Å². The van der Waals surface area contributed by atoms with E-state index in [9.17, 15) is 9.59 Å². The average molecular weight is 381 g/mol. The van der Waals surface area contributed by atoms with Crippen LogP contribution in [0.2, 0.25) is 0 Å². The van der Waals surface area contributed by atoms with E-state index in [0.717, 1.165) is 18.4 Å². The fourth-order valence-corrected chi connectivity index (χ4v) is 3.40. The molecule has 28 heavy (non-hydrogen) atoms. The number of rotatable bonds is 7. The van der Waals surface area contributed by atoms with Gasteiger partial charge in [-0.2, -0.15) is 5.10 Å². The fraction of sp³-hybridized carbons (Fsp3) is 0.381. The molecule has 2 heterocycles. The molecule has 0 bridgehead atoms. The van der Waals surface area contributed by atoms with E-state index in [4.69, 9.17) is 0 Å². The van der Waals surface area contributed by atoms with Crippen molar-refractivity contribution in [2.24, 2.45) is 0 Å². The van der Waals surface area contributed by atoms with Gasteiger partial charge in [0.05, 0.1) is 12.2 Å². The Morgan fingerprint density at radius 3 is 2.64 bits per heavy atom. The lowest BCUT2D eigenvalue weighted by Crippen LogP contribution is -2.44. The van der Waals surface area contributed by atoms with E-state index in [0.29, 0.717) is 38.3 Å². The lowest BCUT2D eigenvalue weighted by Gasteiger charge is -2.32. The van der Waals surface area contributed by atoms with Gasteiger partial charge in [0.2, 0.25) is 5.91 Å². The van der Waals surface area contributed by atoms with Crippen molar-refractivity contribution in [3.8, 4) is 0 Å². The Labute approximate surface area is 165 Å². The summed E-state index contributed by atoms with van der Waals surface area (Å²) in [4.78, 5) is 26.2. The van der Waals surface area contributed by atoms with Gasteiger partial charge < -0.3 is 15.5 Å². The molecule has 3 amide bonds. The summed E-state index contributed by atoms with van der Waals surface area (Å²) in [5, 5.41) is 10.2. The lowest BCUT2D eigenvalue weighted by atomic mass is 10.1. The molecule has 0 atom stereocenters. The number of nitrogens with one attached hydrogen (secondary N) is 2. The first-order valence-corrected chi connectivity index (χ1v) is 9.68. The maximum atomic E-state index is 12.3. The van der Waals surface area contributed by atoms with Crippen LogP contribution in [0.1, 0.15) is 30.9 Å². The lowest BCUT2D eigenvalue weighted by molar-refractivity contribution is -0.116. The number of aryl methyl sites for hydroxylation is 1. The molecule has 2 aromatic rings. The van der Waals surface area contributed by atoms with Gasteiger partial charge in [0.25, 0.3) is 0 Å². The van der Waals surface area contributed by atoms with Crippen LogP contribution in [-0.2, 0) is 11.2 Å². The molecule has 1 saturated heterocycles. The largest absolute Gasteiger partial charge is 0.335 e. The van der Waals surface area contributed by atoms with E-state index in [1.807, 2.05) is 46.0 Å². The molecule has 0 saturated carbocycles. The normalized spacial score (nSPS) is 14.5. The van der Waals surface area contributed by atoms with Crippen LogP contribution in [0.4, 0.5) is 10.6 Å². The van der Waals surface area contributed by atoms with Gasteiger partial charge in [-0.3, -0.25) is 4.79 Å². The van der Waals surface area contributed by atoms with Crippen LogP contribution in [0.3, 0.4) is 0 Å². The number of likely N-dealkylation sites (tertiary alicyclic amines) is 1. The SMILES string of the molecule is C=CCNC(=O)N1CCC(n2nccc2NC(=O)CCc2ccccc2)CC1. The first kappa shape index (κ1) is 19.7. The summed E-state index contributed by atoms with van der Waals surface area (Å²) in [6, 6.07) is 11.9. The number of piperidine rings is 1. The second-order valence-corrected chi connectivity index (χ2v) is 6.89. The summed E-state index contributed by atoms with van der Waals surface area (Å²) in [6.45, 7) is 5.40. The van der Waals surface area contributed by atoms with Gasteiger partial charge in [-0.15, -0.1) is 6.58 Å². The number of anilines is 1. The molecule has 2 N–H and O–H groups in total. The highest BCUT2D eigenvalue weighted by Gasteiger charge is 2.25. The first-order chi connectivity index (χ1) is 13.7. The minimum atomic E-state index is -0.0618. The summed E-state index contributed by atoms with van der Waals surface area (Å²) in [5.74, 6) is 0.694. The first-order valence-electron chi connectivity index (χ1n) is 9.68. The van der Waals surface area contributed by atoms with E-state index < -0.39 is 0 Å². The maximum absolute atomic E-state index is 12.3. The number of carbonyl (C=O) groups is 2. The summed E-state index contributed by atoms with van der Waals surface area (Å²) in [5.41, 5.74) is 1.15. The molecule has 0 unspecified atom stereocenters. The number of hydrogen-bond acceptors (Lipinski definition) is 3. The Hall–Kier alpha value is -3.09. The number of nitrogens with zero attached hydrogens (tertiary/aromatic N) is 3. The third-order valence-electron chi connectivity index (χ3n) is 4.92. The molecule has 1 aromatic heterocycles. The van der Waals surface area contributed by atoms with Gasteiger partial charge >= 0.3 is 6.03 Å². The van der Waals surface area contributed by atoms with Crippen molar-refractivity contribution < 1.29 is 9.59 Å². The molecule has 1 aromatic carbocycles. The molecule has 0 spiro atoms. The third kappa shape index (κ3) is 5.22.